The van der Waals surface area contributed by atoms with Crippen molar-refractivity contribution in [2.24, 2.45) is 11.1 Å². The maximum absolute atomic E-state index is 13.6. The SMILES string of the molecule is CC(=O)N[C@H](C(=O)N1C[C@H](O)C[C@H]1C(=O)N[C@@H](C)c1ccc(-c2scnc2C)cc1OCCCCCN)C(C)(C)C. The largest absolute Gasteiger partial charge is 0.493 e. The van der Waals surface area contributed by atoms with E-state index in [2.05, 4.69) is 15.6 Å². The molecule has 1 aromatic heterocycles. The van der Waals surface area contributed by atoms with Crippen LogP contribution in [0, 0.1) is 12.3 Å². The van der Waals surface area contributed by atoms with E-state index in [-0.39, 0.29) is 30.7 Å². The van der Waals surface area contributed by atoms with Crippen LogP contribution in [0.3, 0.4) is 0 Å². The maximum atomic E-state index is 13.6. The average Bonchev–Trinajstić information content (AvgIpc) is 3.51. The lowest BCUT2D eigenvalue weighted by molar-refractivity contribution is -0.144. The van der Waals surface area contributed by atoms with E-state index in [4.69, 9.17) is 10.5 Å². The first kappa shape index (κ1) is 32.5. The van der Waals surface area contributed by atoms with E-state index in [1.54, 1.807) is 11.3 Å². The summed E-state index contributed by atoms with van der Waals surface area (Å²) in [6.45, 7) is 11.9. The molecule has 1 aliphatic heterocycles. The van der Waals surface area contributed by atoms with E-state index in [0.717, 1.165) is 41.0 Å². The second-order valence-corrected chi connectivity index (χ2v) is 12.7. The number of carbonyl (C=O) groups is 3. The number of thiazole rings is 1. The third kappa shape index (κ3) is 8.50. The highest BCUT2D eigenvalue weighted by atomic mass is 32.1. The van der Waals surface area contributed by atoms with Gasteiger partial charge in [0.25, 0.3) is 0 Å². The van der Waals surface area contributed by atoms with Crippen molar-refractivity contribution < 1.29 is 24.2 Å². The fourth-order valence-corrected chi connectivity index (χ4v) is 5.86. The topological polar surface area (TPSA) is 147 Å². The number of benzene rings is 1. The molecule has 0 bridgehead atoms. The van der Waals surface area contributed by atoms with Crippen LogP contribution in [0.25, 0.3) is 10.4 Å². The Morgan fingerprint density at radius 1 is 1.22 bits per heavy atom. The van der Waals surface area contributed by atoms with Crippen molar-refractivity contribution in [1.82, 2.24) is 20.5 Å². The third-order valence-electron chi connectivity index (χ3n) is 7.28. The molecule has 0 aliphatic carbocycles. The highest BCUT2D eigenvalue weighted by Crippen LogP contribution is 2.35. The van der Waals surface area contributed by atoms with Crippen molar-refractivity contribution in [2.75, 3.05) is 19.7 Å². The molecule has 0 saturated carbocycles. The Kier molecular flexibility index (Phi) is 11.3. The van der Waals surface area contributed by atoms with Crippen LogP contribution in [0.2, 0.25) is 0 Å². The Morgan fingerprint density at radius 3 is 2.56 bits per heavy atom. The molecule has 0 spiro atoms. The number of aromatic nitrogens is 1. The van der Waals surface area contributed by atoms with E-state index in [1.165, 1.54) is 11.8 Å². The van der Waals surface area contributed by atoms with Gasteiger partial charge in [-0.3, -0.25) is 14.4 Å². The first-order valence-corrected chi connectivity index (χ1v) is 15.1. The molecular formula is C30H45N5O5S. The van der Waals surface area contributed by atoms with Crippen LogP contribution in [0.5, 0.6) is 5.75 Å². The maximum Gasteiger partial charge on any atom is 0.246 e. The van der Waals surface area contributed by atoms with Crippen molar-refractivity contribution in [2.45, 2.75) is 91.5 Å². The van der Waals surface area contributed by atoms with Gasteiger partial charge in [0, 0.05) is 25.5 Å². The summed E-state index contributed by atoms with van der Waals surface area (Å²) in [5.74, 6) is -0.411. The molecule has 1 aromatic carbocycles. The van der Waals surface area contributed by atoms with Crippen LogP contribution in [0.4, 0.5) is 0 Å². The smallest absolute Gasteiger partial charge is 0.246 e. The Bertz CT molecular complexity index is 1210. The Hall–Kier alpha value is -3.02. The minimum Gasteiger partial charge on any atom is -0.493 e. The Balaban J connectivity index is 1.81. The van der Waals surface area contributed by atoms with Gasteiger partial charge < -0.3 is 31.1 Å². The van der Waals surface area contributed by atoms with Crippen LogP contribution >= 0.6 is 11.3 Å². The zero-order valence-corrected chi connectivity index (χ0v) is 25.8. The summed E-state index contributed by atoms with van der Waals surface area (Å²) in [7, 11) is 0. The van der Waals surface area contributed by atoms with Gasteiger partial charge in [-0.25, -0.2) is 4.98 Å². The molecule has 2 heterocycles. The number of nitrogens with zero attached hydrogens (tertiary/aromatic N) is 2. The molecule has 10 nitrogen and oxygen atoms in total. The minimum absolute atomic E-state index is 0.0253. The fourth-order valence-electron chi connectivity index (χ4n) is 5.05. The van der Waals surface area contributed by atoms with Gasteiger partial charge in [0.2, 0.25) is 17.7 Å². The number of nitrogens with one attached hydrogen (secondary N) is 2. The standard InChI is InChI=1S/C30H45N5O5S/c1-18(23-11-10-21(26-19(2)32-17-41-26)14-25(23)40-13-9-7-8-12-31)33-28(38)24-15-22(37)16-35(24)29(39)27(30(4,5)6)34-20(3)36/h10-11,14,17-18,22,24,27,37H,7-9,12-13,15-16,31H2,1-6H3,(H,33,38)(H,34,36)/t18-,22+,24-,27+/m0/s1. The Morgan fingerprint density at radius 2 is 1.95 bits per heavy atom. The van der Waals surface area contributed by atoms with E-state index >= 15 is 0 Å². The lowest BCUT2D eigenvalue weighted by atomic mass is 9.85. The summed E-state index contributed by atoms with van der Waals surface area (Å²) in [4.78, 5) is 45.8. The number of carbonyl (C=O) groups excluding carboxylic acids is 3. The van der Waals surface area contributed by atoms with E-state index < -0.39 is 29.6 Å². The summed E-state index contributed by atoms with van der Waals surface area (Å²) < 4.78 is 6.22. The fraction of sp³-hybridized carbons (Fsp3) is 0.600. The lowest BCUT2D eigenvalue weighted by Crippen LogP contribution is -2.57. The van der Waals surface area contributed by atoms with E-state index in [9.17, 15) is 19.5 Å². The molecule has 3 amide bonds. The van der Waals surface area contributed by atoms with Gasteiger partial charge in [-0.05, 0) is 56.7 Å². The summed E-state index contributed by atoms with van der Waals surface area (Å²) in [5.41, 5.74) is 9.60. The monoisotopic (exact) mass is 587 g/mol. The van der Waals surface area contributed by atoms with Gasteiger partial charge in [-0.15, -0.1) is 11.3 Å². The first-order valence-electron chi connectivity index (χ1n) is 14.3. The third-order valence-corrected chi connectivity index (χ3v) is 8.26. The van der Waals surface area contributed by atoms with Crippen LogP contribution < -0.4 is 21.1 Å². The number of hydrogen-bond donors (Lipinski definition) is 4. The number of aliphatic hydroxyl groups is 1. The highest BCUT2D eigenvalue weighted by molar-refractivity contribution is 7.13. The van der Waals surface area contributed by atoms with Gasteiger partial charge in [0.15, 0.2) is 0 Å². The Labute approximate surface area is 247 Å². The number of rotatable bonds is 12. The van der Waals surface area contributed by atoms with Gasteiger partial charge in [-0.2, -0.15) is 0 Å². The second kappa shape index (κ2) is 14.2. The lowest BCUT2D eigenvalue weighted by Gasteiger charge is -2.35. The molecule has 1 aliphatic rings. The van der Waals surface area contributed by atoms with Crippen molar-refractivity contribution >= 4 is 29.1 Å². The van der Waals surface area contributed by atoms with Crippen molar-refractivity contribution in [3.63, 3.8) is 0 Å². The van der Waals surface area contributed by atoms with Gasteiger partial charge in [0.1, 0.15) is 17.8 Å². The van der Waals surface area contributed by atoms with E-state index in [0.29, 0.717) is 18.9 Å². The normalized spacial score (nSPS) is 18.6. The molecule has 0 radical (unpaired) electrons. The molecule has 226 valence electrons. The average molecular weight is 588 g/mol. The zero-order chi connectivity index (χ0) is 30.3. The predicted octanol–water partition coefficient (Wildman–Crippen LogP) is 3.32. The predicted molar refractivity (Wildman–Crippen MR) is 160 cm³/mol. The van der Waals surface area contributed by atoms with Crippen LogP contribution in [-0.2, 0) is 14.4 Å². The van der Waals surface area contributed by atoms with Crippen LogP contribution in [-0.4, -0.2) is 70.6 Å². The first-order chi connectivity index (χ1) is 19.3. The molecule has 1 saturated heterocycles. The number of ether oxygens (including phenoxy) is 1. The number of nitrogens with two attached hydrogens (primary N) is 1. The second-order valence-electron chi connectivity index (χ2n) is 11.8. The minimum atomic E-state index is -0.863. The van der Waals surface area contributed by atoms with Crippen molar-refractivity contribution in [3.05, 3.63) is 35.0 Å². The molecule has 5 N–H and O–H groups in total. The number of amides is 3. The van der Waals surface area contributed by atoms with Gasteiger partial charge in [-0.1, -0.05) is 32.9 Å². The van der Waals surface area contributed by atoms with Crippen molar-refractivity contribution in [3.8, 4) is 16.2 Å². The number of hydrogen-bond acceptors (Lipinski definition) is 8. The number of aliphatic hydroxyl groups excluding tert-OH is 1. The molecule has 2 aromatic rings. The summed E-state index contributed by atoms with van der Waals surface area (Å²) in [6.07, 6.45) is 2.05. The van der Waals surface area contributed by atoms with Gasteiger partial charge >= 0.3 is 0 Å². The van der Waals surface area contributed by atoms with Crippen molar-refractivity contribution in [1.29, 1.82) is 0 Å². The molecule has 0 unspecified atom stereocenters. The molecule has 4 atom stereocenters. The number of β-amino-alcohol motifs (C(OH)–C–C–N with tert-alkyl or cyclic N) is 1. The quantitative estimate of drug-likeness (QED) is 0.279. The number of aryl methyl sites for hydroxylation is 1. The molecule has 1 fully saturated rings. The van der Waals surface area contributed by atoms with E-state index in [1.807, 2.05) is 58.3 Å². The summed E-state index contributed by atoms with van der Waals surface area (Å²) in [6, 6.07) is 3.81. The molecular weight excluding hydrogens is 542 g/mol. The van der Waals surface area contributed by atoms with Crippen LogP contribution in [0.1, 0.15) is 77.6 Å². The molecule has 3 rings (SSSR count). The number of unbranched alkanes of at least 4 members (excludes halogenated alkanes) is 2. The zero-order valence-electron chi connectivity index (χ0n) is 25.0. The number of likely N-dealkylation sites (tertiary alicyclic amines) is 1. The van der Waals surface area contributed by atoms with Gasteiger partial charge in [0.05, 0.1) is 34.8 Å². The molecule has 11 heteroatoms. The summed E-state index contributed by atoms with van der Waals surface area (Å²) >= 11 is 1.56. The summed E-state index contributed by atoms with van der Waals surface area (Å²) in [5, 5.41) is 16.2. The highest BCUT2D eigenvalue weighted by Gasteiger charge is 2.44. The molecule has 41 heavy (non-hydrogen) atoms. The van der Waals surface area contributed by atoms with Crippen LogP contribution in [0.15, 0.2) is 23.7 Å².